The van der Waals surface area contributed by atoms with Crippen LogP contribution in [0.25, 0.3) is 0 Å². The molecule has 0 radical (unpaired) electrons. The van der Waals surface area contributed by atoms with E-state index in [1.165, 1.54) is 0 Å². The summed E-state index contributed by atoms with van der Waals surface area (Å²) in [5, 5.41) is 3.26. The Labute approximate surface area is 102 Å². The Morgan fingerprint density at radius 1 is 1.56 bits per heavy atom. The van der Waals surface area contributed by atoms with Gasteiger partial charge < -0.3 is 14.8 Å². The first-order valence-corrected chi connectivity index (χ1v) is 5.22. The maximum absolute atomic E-state index is 5.57. The van der Waals surface area contributed by atoms with Gasteiger partial charge >= 0.3 is 0 Å². The van der Waals surface area contributed by atoms with Crippen LogP contribution < -0.4 is 10.1 Å². The van der Waals surface area contributed by atoms with Crippen LogP contribution in [-0.2, 0) is 4.74 Å². The van der Waals surface area contributed by atoms with Crippen LogP contribution in [0.3, 0.4) is 0 Å². The second-order valence-corrected chi connectivity index (χ2v) is 3.64. The molecule has 1 atom stereocenters. The molecule has 0 aliphatic carbocycles. The van der Waals surface area contributed by atoms with Gasteiger partial charge in [-0.15, -0.1) is 12.4 Å². The highest BCUT2D eigenvalue weighted by Crippen LogP contribution is 2.09. The average molecular weight is 245 g/mol. The largest absolute Gasteiger partial charge is 0.489 e. The number of morpholine rings is 1. The lowest BCUT2D eigenvalue weighted by atomic mass is 10.3. The Hall–Kier alpha value is -0.840. The Kier molecular flexibility index (Phi) is 5.52. The molecule has 1 aromatic rings. The molecule has 1 aromatic heterocycles. The van der Waals surface area contributed by atoms with Crippen molar-refractivity contribution >= 4 is 12.4 Å². The zero-order chi connectivity index (χ0) is 10.5. The van der Waals surface area contributed by atoms with E-state index in [0.717, 1.165) is 31.1 Å². The number of rotatable bonds is 3. The molecular weight excluding hydrogens is 228 g/mol. The van der Waals surface area contributed by atoms with Gasteiger partial charge in [-0.1, -0.05) is 0 Å². The van der Waals surface area contributed by atoms with Crippen molar-refractivity contribution in [1.82, 2.24) is 10.3 Å². The van der Waals surface area contributed by atoms with Crippen molar-refractivity contribution in [3.63, 3.8) is 0 Å². The number of aryl methyl sites for hydroxylation is 1. The van der Waals surface area contributed by atoms with E-state index in [-0.39, 0.29) is 18.5 Å². The summed E-state index contributed by atoms with van der Waals surface area (Å²) in [5.74, 6) is 0.801. The Bertz CT molecular complexity index is 299. The molecule has 1 aliphatic heterocycles. The van der Waals surface area contributed by atoms with Crippen LogP contribution in [0.4, 0.5) is 0 Å². The van der Waals surface area contributed by atoms with E-state index in [0.29, 0.717) is 6.61 Å². The summed E-state index contributed by atoms with van der Waals surface area (Å²) in [6, 6.07) is 3.87. The van der Waals surface area contributed by atoms with Gasteiger partial charge in [0.2, 0.25) is 0 Å². The van der Waals surface area contributed by atoms with Crippen LogP contribution in [0.2, 0.25) is 0 Å². The molecule has 2 rings (SSSR count). The highest BCUT2D eigenvalue weighted by molar-refractivity contribution is 5.85. The standard InChI is InChI=1S/C11H16N2O2.ClH/c1-9-2-3-10(7-13-9)15-8-11-6-12-4-5-14-11;/h2-3,7,11-12H,4-6,8H2,1H3;1H. The second kappa shape index (κ2) is 6.68. The molecule has 0 saturated carbocycles. The van der Waals surface area contributed by atoms with E-state index < -0.39 is 0 Å². The lowest BCUT2D eigenvalue weighted by Crippen LogP contribution is -2.41. The van der Waals surface area contributed by atoms with Crippen molar-refractivity contribution in [2.45, 2.75) is 13.0 Å². The normalized spacial score (nSPS) is 19.9. The first-order chi connectivity index (χ1) is 7.34. The van der Waals surface area contributed by atoms with E-state index >= 15 is 0 Å². The zero-order valence-corrected chi connectivity index (χ0v) is 10.1. The van der Waals surface area contributed by atoms with E-state index in [1.807, 2.05) is 19.1 Å². The van der Waals surface area contributed by atoms with Crippen molar-refractivity contribution in [2.75, 3.05) is 26.3 Å². The lowest BCUT2D eigenvalue weighted by molar-refractivity contribution is 0.000122. The molecule has 0 aromatic carbocycles. The molecule has 1 aliphatic rings. The monoisotopic (exact) mass is 244 g/mol. The van der Waals surface area contributed by atoms with Crippen LogP contribution in [0.1, 0.15) is 5.69 Å². The molecule has 4 nitrogen and oxygen atoms in total. The first kappa shape index (κ1) is 13.2. The summed E-state index contributed by atoms with van der Waals surface area (Å²) in [4.78, 5) is 4.16. The van der Waals surface area contributed by atoms with Crippen LogP contribution in [0, 0.1) is 6.92 Å². The number of hydrogen-bond donors (Lipinski definition) is 1. The Morgan fingerprint density at radius 2 is 2.44 bits per heavy atom. The van der Waals surface area contributed by atoms with E-state index in [1.54, 1.807) is 6.20 Å². The van der Waals surface area contributed by atoms with Crippen LogP contribution in [0.15, 0.2) is 18.3 Å². The van der Waals surface area contributed by atoms with Crippen LogP contribution >= 0.6 is 12.4 Å². The highest BCUT2D eigenvalue weighted by atomic mass is 35.5. The third-order valence-corrected chi connectivity index (χ3v) is 2.32. The maximum atomic E-state index is 5.57. The quantitative estimate of drug-likeness (QED) is 0.867. The predicted octanol–water partition coefficient (Wildman–Crippen LogP) is 1.18. The van der Waals surface area contributed by atoms with E-state index in [4.69, 9.17) is 9.47 Å². The summed E-state index contributed by atoms with van der Waals surface area (Å²) in [5.41, 5.74) is 0.998. The number of nitrogens with zero attached hydrogens (tertiary/aromatic N) is 1. The fourth-order valence-electron chi connectivity index (χ4n) is 1.46. The minimum Gasteiger partial charge on any atom is -0.489 e. The first-order valence-electron chi connectivity index (χ1n) is 5.22. The molecule has 1 unspecified atom stereocenters. The van der Waals surface area contributed by atoms with Gasteiger partial charge in [0, 0.05) is 18.8 Å². The molecular formula is C11H17ClN2O2. The SMILES string of the molecule is Cc1ccc(OCC2CNCCO2)cn1.Cl. The van der Waals surface area contributed by atoms with Gasteiger partial charge in [0.15, 0.2) is 0 Å². The third kappa shape index (κ3) is 3.96. The smallest absolute Gasteiger partial charge is 0.137 e. The Balaban J connectivity index is 0.00000128. The van der Waals surface area contributed by atoms with Crippen molar-refractivity contribution < 1.29 is 9.47 Å². The lowest BCUT2D eigenvalue weighted by Gasteiger charge is -2.23. The molecule has 1 fully saturated rings. The zero-order valence-electron chi connectivity index (χ0n) is 9.31. The van der Waals surface area contributed by atoms with Gasteiger partial charge in [-0.2, -0.15) is 0 Å². The molecule has 0 spiro atoms. The summed E-state index contributed by atoms with van der Waals surface area (Å²) in [6.45, 7) is 5.09. The van der Waals surface area contributed by atoms with Gasteiger partial charge in [-0.3, -0.25) is 4.98 Å². The van der Waals surface area contributed by atoms with Gasteiger partial charge in [0.25, 0.3) is 0 Å². The number of hydrogen-bond acceptors (Lipinski definition) is 4. The van der Waals surface area contributed by atoms with Crippen molar-refractivity contribution in [3.05, 3.63) is 24.0 Å². The maximum Gasteiger partial charge on any atom is 0.137 e. The van der Waals surface area contributed by atoms with E-state index in [9.17, 15) is 0 Å². The Morgan fingerprint density at radius 3 is 3.06 bits per heavy atom. The van der Waals surface area contributed by atoms with Gasteiger partial charge in [-0.25, -0.2) is 0 Å². The van der Waals surface area contributed by atoms with Crippen LogP contribution in [0.5, 0.6) is 5.75 Å². The topological polar surface area (TPSA) is 43.4 Å². The summed E-state index contributed by atoms with van der Waals surface area (Å²) >= 11 is 0. The van der Waals surface area contributed by atoms with E-state index in [2.05, 4.69) is 10.3 Å². The molecule has 2 heterocycles. The average Bonchev–Trinajstić information content (AvgIpc) is 2.30. The fraction of sp³-hybridized carbons (Fsp3) is 0.545. The fourth-order valence-corrected chi connectivity index (χ4v) is 1.46. The number of nitrogens with one attached hydrogen (secondary N) is 1. The van der Waals surface area contributed by atoms with Gasteiger partial charge in [0.1, 0.15) is 18.5 Å². The molecule has 5 heteroatoms. The third-order valence-electron chi connectivity index (χ3n) is 2.32. The summed E-state index contributed by atoms with van der Waals surface area (Å²) < 4.78 is 11.1. The number of aromatic nitrogens is 1. The number of halogens is 1. The summed E-state index contributed by atoms with van der Waals surface area (Å²) in [7, 11) is 0. The second-order valence-electron chi connectivity index (χ2n) is 3.64. The van der Waals surface area contributed by atoms with Crippen molar-refractivity contribution in [2.24, 2.45) is 0 Å². The minimum atomic E-state index is 0. The molecule has 16 heavy (non-hydrogen) atoms. The molecule has 1 N–H and O–H groups in total. The number of pyridine rings is 1. The number of ether oxygens (including phenoxy) is 2. The van der Waals surface area contributed by atoms with Gasteiger partial charge in [0.05, 0.1) is 12.8 Å². The predicted molar refractivity (Wildman–Crippen MR) is 64.3 cm³/mol. The van der Waals surface area contributed by atoms with Crippen LogP contribution in [-0.4, -0.2) is 37.4 Å². The minimum absolute atomic E-state index is 0. The van der Waals surface area contributed by atoms with Crippen molar-refractivity contribution in [3.8, 4) is 5.75 Å². The highest BCUT2D eigenvalue weighted by Gasteiger charge is 2.13. The molecule has 0 amide bonds. The molecule has 90 valence electrons. The summed E-state index contributed by atoms with van der Waals surface area (Å²) in [6.07, 6.45) is 1.89. The van der Waals surface area contributed by atoms with Gasteiger partial charge in [-0.05, 0) is 19.1 Å². The molecule has 1 saturated heterocycles. The molecule has 0 bridgehead atoms. The van der Waals surface area contributed by atoms with Crippen molar-refractivity contribution in [1.29, 1.82) is 0 Å².